The molecule has 1 aromatic carbocycles. The van der Waals surface area contributed by atoms with Gasteiger partial charge in [0, 0.05) is 30.7 Å². The lowest BCUT2D eigenvalue weighted by Gasteiger charge is -2.21. The molecule has 0 bridgehead atoms. The molecule has 2 amide bonds. The van der Waals surface area contributed by atoms with Gasteiger partial charge in [0.15, 0.2) is 11.0 Å². The van der Waals surface area contributed by atoms with E-state index in [-0.39, 0.29) is 22.7 Å². The molecule has 0 saturated heterocycles. The van der Waals surface area contributed by atoms with Crippen LogP contribution in [0.4, 0.5) is 21.5 Å². The smallest absolute Gasteiger partial charge is 0.252 e. The Kier molecular flexibility index (Phi) is 7.42. The van der Waals surface area contributed by atoms with Crippen LogP contribution in [0, 0.1) is 11.7 Å². The number of hydrogen-bond acceptors (Lipinski definition) is 5. The minimum Gasteiger partial charge on any atom is -0.353 e. The number of rotatable bonds is 8. The Hall–Kier alpha value is -3.46. The Morgan fingerprint density at radius 3 is 2.76 bits per heavy atom. The average molecular weight is 485 g/mol. The number of carbonyl (C=O) groups is 2. The van der Waals surface area contributed by atoms with Crippen LogP contribution >= 0.6 is 11.6 Å². The second kappa shape index (κ2) is 10.6. The highest BCUT2D eigenvalue weighted by atomic mass is 35.5. The summed E-state index contributed by atoms with van der Waals surface area (Å²) in [5.41, 5.74) is 1.56. The number of nitrogens with one attached hydrogen (secondary N) is 3. The Bertz CT molecular complexity index is 1180. The maximum absolute atomic E-state index is 14.2. The molecule has 178 valence electrons. The first-order chi connectivity index (χ1) is 16.4. The Morgan fingerprint density at radius 1 is 1.24 bits per heavy atom. The second-order valence-corrected chi connectivity index (χ2v) is 8.83. The summed E-state index contributed by atoms with van der Waals surface area (Å²) < 4.78 is 15.8. The summed E-state index contributed by atoms with van der Waals surface area (Å²) in [5, 5.41) is 12.5. The van der Waals surface area contributed by atoms with Crippen molar-refractivity contribution in [2.45, 2.75) is 38.1 Å². The molecular weight excluding hydrogens is 459 g/mol. The molecule has 0 radical (unpaired) electrons. The molecule has 2 aromatic heterocycles. The van der Waals surface area contributed by atoms with Crippen molar-refractivity contribution < 1.29 is 14.0 Å². The van der Waals surface area contributed by atoms with Crippen molar-refractivity contribution in [2.24, 2.45) is 13.0 Å². The van der Waals surface area contributed by atoms with Crippen molar-refractivity contribution >= 4 is 40.5 Å². The van der Waals surface area contributed by atoms with Crippen LogP contribution in [0.1, 0.15) is 42.5 Å². The van der Waals surface area contributed by atoms with Crippen LogP contribution < -0.4 is 16.0 Å². The molecule has 4 rings (SSSR count). The summed E-state index contributed by atoms with van der Waals surface area (Å²) in [6, 6.07) is 7.38. The summed E-state index contributed by atoms with van der Waals surface area (Å²) in [7, 11) is 1.76. The highest BCUT2D eigenvalue weighted by molar-refractivity contribution is 6.29. The molecule has 0 spiro atoms. The summed E-state index contributed by atoms with van der Waals surface area (Å²) in [6.45, 7) is 0. The molecule has 1 saturated carbocycles. The molecule has 0 aliphatic heterocycles. The van der Waals surface area contributed by atoms with Crippen LogP contribution in [0.25, 0.3) is 0 Å². The average Bonchev–Trinajstić information content (AvgIpc) is 3.48. The molecule has 1 fully saturated rings. The van der Waals surface area contributed by atoms with Crippen molar-refractivity contribution in [3.8, 4) is 0 Å². The second-order valence-electron chi connectivity index (χ2n) is 8.47. The van der Waals surface area contributed by atoms with Crippen LogP contribution in [0.5, 0.6) is 0 Å². The van der Waals surface area contributed by atoms with Gasteiger partial charge in [0.25, 0.3) is 5.91 Å². The molecule has 34 heavy (non-hydrogen) atoms. The van der Waals surface area contributed by atoms with Gasteiger partial charge in [-0.15, -0.1) is 0 Å². The summed E-state index contributed by atoms with van der Waals surface area (Å²) in [4.78, 5) is 29.8. The lowest BCUT2D eigenvalue weighted by Crippen LogP contribution is -2.44. The van der Waals surface area contributed by atoms with E-state index >= 15 is 0 Å². The molecular formula is C24H26ClFN6O2. The van der Waals surface area contributed by atoms with E-state index in [1.54, 1.807) is 48.4 Å². The number of pyridine rings is 1. The predicted octanol–water partition coefficient (Wildman–Crippen LogP) is 4.67. The Labute approximate surface area is 201 Å². The minimum absolute atomic E-state index is 0.146. The first-order valence-corrected chi connectivity index (χ1v) is 11.5. The lowest BCUT2D eigenvalue weighted by atomic mass is 9.97. The molecule has 2 heterocycles. The molecule has 10 heteroatoms. The van der Waals surface area contributed by atoms with Crippen LogP contribution in [0.3, 0.4) is 0 Å². The fourth-order valence-electron chi connectivity index (χ4n) is 4.18. The van der Waals surface area contributed by atoms with E-state index in [1.165, 1.54) is 12.3 Å². The van der Waals surface area contributed by atoms with E-state index < -0.39 is 11.9 Å². The van der Waals surface area contributed by atoms with E-state index in [1.807, 2.05) is 0 Å². The Morgan fingerprint density at radius 2 is 2.03 bits per heavy atom. The SMILES string of the molecule is Cn1cc(NC(=O)[C@H](CC2CCCC2)NC(=O)c2cccc(Nc3ccnc(Cl)c3F)c2)cn1. The number of amides is 2. The predicted molar refractivity (Wildman–Crippen MR) is 129 cm³/mol. The standard InChI is InChI=1S/C24H26ClFN6O2/c1-32-14-18(13-28-32)30-24(34)20(11-15-5-2-3-6-15)31-23(33)16-7-4-8-17(12-16)29-19-9-10-27-22(25)21(19)26/h4,7-10,12-15,20H,2-3,5-6,11H2,1H3,(H,27,29)(H,30,34)(H,31,33)/t20-/m0/s1. The first-order valence-electron chi connectivity index (χ1n) is 11.2. The maximum atomic E-state index is 14.2. The van der Waals surface area contributed by atoms with Crippen molar-refractivity contribution in [2.75, 3.05) is 10.6 Å². The summed E-state index contributed by atoms with van der Waals surface area (Å²) >= 11 is 5.74. The van der Waals surface area contributed by atoms with E-state index in [9.17, 15) is 14.0 Å². The molecule has 1 aliphatic carbocycles. The van der Waals surface area contributed by atoms with Gasteiger partial charge in [0.05, 0.1) is 17.6 Å². The fraction of sp³-hybridized carbons (Fsp3) is 0.333. The molecule has 3 aromatic rings. The summed E-state index contributed by atoms with van der Waals surface area (Å²) in [6.07, 6.45) is 9.59. The highest BCUT2D eigenvalue weighted by Gasteiger charge is 2.27. The number of aryl methyl sites for hydroxylation is 1. The lowest BCUT2D eigenvalue weighted by molar-refractivity contribution is -0.118. The third kappa shape index (κ3) is 5.91. The van der Waals surface area contributed by atoms with Gasteiger partial charge in [-0.25, -0.2) is 9.37 Å². The van der Waals surface area contributed by atoms with Gasteiger partial charge in [-0.05, 0) is 36.6 Å². The summed E-state index contributed by atoms with van der Waals surface area (Å²) in [5.74, 6) is -0.961. The first kappa shape index (κ1) is 23.7. The van der Waals surface area contributed by atoms with Crippen LogP contribution in [0.15, 0.2) is 48.9 Å². The number of hydrogen-bond donors (Lipinski definition) is 3. The number of halogens is 2. The van der Waals surface area contributed by atoms with Crippen molar-refractivity contribution in [1.29, 1.82) is 0 Å². The van der Waals surface area contributed by atoms with Gasteiger partial charge in [-0.1, -0.05) is 43.4 Å². The van der Waals surface area contributed by atoms with Crippen molar-refractivity contribution in [1.82, 2.24) is 20.1 Å². The van der Waals surface area contributed by atoms with Crippen molar-refractivity contribution in [3.63, 3.8) is 0 Å². The van der Waals surface area contributed by atoms with Gasteiger partial charge in [0.2, 0.25) is 5.91 Å². The zero-order chi connectivity index (χ0) is 24.1. The minimum atomic E-state index is -0.691. The third-order valence-corrected chi connectivity index (χ3v) is 6.15. The van der Waals surface area contributed by atoms with Crippen molar-refractivity contribution in [3.05, 3.63) is 65.5 Å². The molecule has 8 nitrogen and oxygen atoms in total. The van der Waals surface area contributed by atoms with E-state index in [0.717, 1.165) is 25.7 Å². The van der Waals surface area contributed by atoms with Gasteiger partial charge < -0.3 is 16.0 Å². The van der Waals surface area contributed by atoms with E-state index in [2.05, 4.69) is 26.0 Å². The number of carbonyl (C=O) groups excluding carboxylic acids is 2. The number of benzene rings is 1. The number of aromatic nitrogens is 3. The topological polar surface area (TPSA) is 101 Å². The number of nitrogens with zero attached hydrogens (tertiary/aromatic N) is 3. The number of anilines is 3. The molecule has 0 unspecified atom stereocenters. The normalized spacial score (nSPS) is 14.6. The zero-order valence-corrected chi connectivity index (χ0v) is 19.5. The van der Waals surface area contributed by atoms with E-state index in [0.29, 0.717) is 29.3 Å². The highest BCUT2D eigenvalue weighted by Crippen LogP contribution is 2.29. The van der Waals surface area contributed by atoms with Gasteiger partial charge >= 0.3 is 0 Å². The van der Waals surface area contributed by atoms with Gasteiger partial charge in [-0.2, -0.15) is 5.10 Å². The maximum Gasteiger partial charge on any atom is 0.252 e. The molecule has 1 aliphatic rings. The van der Waals surface area contributed by atoms with Crippen LogP contribution in [0.2, 0.25) is 5.15 Å². The quantitative estimate of drug-likeness (QED) is 0.403. The molecule has 3 N–H and O–H groups in total. The zero-order valence-electron chi connectivity index (χ0n) is 18.7. The Balaban J connectivity index is 1.48. The fourth-order valence-corrected chi connectivity index (χ4v) is 4.33. The third-order valence-electron chi connectivity index (χ3n) is 5.89. The van der Waals surface area contributed by atoms with Gasteiger partial charge in [0.1, 0.15) is 6.04 Å². The van der Waals surface area contributed by atoms with Crippen LogP contribution in [-0.4, -0.2) is 32.6 Å². The monoisotopic (exact) mass is 484 g/mol. The van der Waals surface area contributed by atoms with Crippen LogP contribution in [-0.2, 0) is 11.8 Å². The molecule has 1 atom stereocenters. The largest absolute Gasteiger partial charge is 0.353 e. The van der Waals surface area contributed by atoms with Gasteiger partial charge in [-0.3, -0.25) is 14.3 Å². The van der Waals surface area contributed by atoms with E-state index in [4.69, 9.17) is 11.6 Å².